The smallest absolute Gasteiger partial charge is 0.222 e. The molecule has 3 aliphatic carbocycles. The number of rotatable bonds is 7. The molecule has 1 aromatic carbocycles. The lowest BCUT2D eigenvalue weighted by Crippen LogP contribution is -2.42. The number of fused-ring (bicyclic) bond motifs is 5. The first kappa shape index (κ1) is 19.8. The number of hydrogen-bond acceptors (Lipinski definition) is 4. The van der Waals surface area contributed by atoms with E-state index in [1.54, 1.807) is 0 Å². The van der Waals surface area contributed by atoms with Gasteiger partial charge in [0.1, 0.15) is 5.75 Å². The first-order valence-electron chi connectivity index (χ1n) is 11.3. The molecule has 3 fully saturated rings. The second kappa shape index (κ2) is 8.17. The molecule has 2 aromatic rings. The van der Waals surface area contributed by atoms with E-state index in [9.17, 15) is 4.79 Å². The highest BCUT2D eigenvalue weighted by Crippen LogP contribution is 2.58. The van der Waals surface area contributed by atoms with Crippen molar-refractivity contribution in [2.75, 3.05) is 6.61 Å². The van der Waals surface area contributed by atoms with E-state index in [4.69, 9.17) is 17.0 Å². The Morgan fingerprint density at radius 3 is 2.83 bits per heavy atom. The van der Waals surface area contributed by atoms with Gasteiger partial charge in [-0.3, -0.25) is 14.5 Å². The average molecular weight is 427 g/mol. The zero-order chi connectivity index (χ0) is 20.7. The van der Waals surface area contributed by atoms with E-state index < -0.39 is 0 Å². The van der Waals surface area contributed by atoms with Crippen molar-refractivity contribution in [3.63, 3.8) is 0 Å². The lowest BCUT2D eigenvalue weighted by atomic mass is 9.79. The predicted octanol–water partition coefficient (Wildman–Crippen LogP) is 4.34. The minimum Gasteiger partial charge on any atom is -0.494 e. The van der Waals surface area contributed by atoms with Gasteiger partial charge in [0.05, 0.1) is 6.61 Å². The van der Waals surface area contributed by atoms with Crippen molar-refractivity contribution >= 4 is 18.1 Å². The number of carbonyl (C=O) groups is 1. The fourth-order valence-corrected chi connectivity index (χ4v) is 6.56. The molecule has 0 unspecified atom stereocenters. The van der Waals surface area contributed by atoms with Crippen LogP contribution < -0.4 is 10.1 Å². The van der Waals surface area contributed by atoms with E-state index in [1.807, 2.05) is 35.8 Å². The molecule has 6 nitrogen and oxygen atoms in total. The highest BCUT2D eigenvalue weighted by molar-refractivity contribution is 7.71. The number of aromatic nitrogens is 3. The Balaban J connectivity index is 1.21. The van der Waals surface area contributed by atoms with Crippen LogP contribution in [0, 0.1) is 28.4 Å². The first-order valence-corrected chi connectivity index (χ1v) is 11.7. The van der Waals surface area contributed by atoms with Crippen molar-refractivity contribution in [2.24, 2.45) is 23.7 Å². The van der Waals surface area contributed by atoms with Crippen molar-refractivity contribution in [1.82, 2.24) is 20.1 Å². The van der Waals surface area contributed by atoms with E-state index in [-0.39, 0.29) is 5.91 Å². The summed E-state index contributed by atoms with van der Waals surface area (Å²) in [4.78, 5) is 12.7. The molecule has 3 saturated carbocycles. The van der Waals surface area contributed by atoms with Crippen molar-refractivity contribution in [2.45, 2.75) is 58.0 Å². The lowest BCUT2D eigenvalue weighted by molar-refractivity contribution is -0.122. The molecule has 2 bridgehead atoms. The van der Waals surface area contributed by atoms with Crippen molar-refractivity contribution in [1.29, 1.82) is 0 Å². The van der Waals surface area contributed by atoms with Crippen molar-refractivity contribution in [3.8, 4) is 17.1 Å². The normalized spacial score (nSPS) is 29.2. The highest BCUT2D eigenvalue weighted by atomic mass is 32.1. The number of amides is 1. The number of nitrogens with zero attached hydrogens (tertiary/aromatic N) is 2. The zero-order valence-electron chi connectivity index (χ0n) is 17.5. The summed E-state index contributed by atoms with van der Waals surface area (Å²) in [6, 6.07) is 8.18. The molecule has 3 aliphatic rings. The molecule has 5 rings (SSSR count). The van der Waals surface area contributed by atoms with Gasteiger partial charge in [0.15, 0.2) is 10.6 Å². The largest absolute Gasteiger partial charge is 0.494 e. The van der Waals surface area contributed by atoms with Crippen LogP contribution in [0.3, 0.4) is 0 Å². The minimum atomic E-state index is 0.128. The third kappa shape index (κ3) is 3.57. The first-order chi connectivity index (χ1) is 14.6. The third-order valence-electron chi connectivity index (χ3n) is 7.52. The van der Waals surface area contributed by atoms with Crippen LogP contribution in [0.5, 0.6) is 5.75 Å². The third-order valence-corrected chi connectivity index (χ3v) is 7.83. The number of hydrogen-bond donors (Lipinski definition) is 2. The van der Waals surface area contributed by atoms with Gasteiger partial charge in [-0.1, -0.05) is 6.42 Å². The Hall–Kier alpha value is -2.15. The fourth-order valence-electron chi connectivity index (χ4n) is 6.34. The van der Waals surface area contributed by atoms with Crippen LogP contribution in [0.25, 0.3) is 11.4 Å². The number of aromatic amines is 1. The molecule has 0 spiro atoms. The van der Waals surface area contributed by atoms with E-state index in [1.165, 1.54) is 32.1 Å². The lowest BCUT2D eigenvalue weighted by Gasteiger charge is -2.32. The quantitative estimate of drug-likeness (QED) is 0.646. The Kier molecular flexibility index (Phi) is 5.39. The van der Waals surface area contributed by atoms with Gasteiger partial charge >= 0.3 is 0 Å². The molecule has 0 radical (unpaired) electrons. The van der Waals surface area contributed by atoms with E-state index >= 15 is 0 Å². The zero-order valence-corrected chi connectivity index (χ0v) is 18.3. The Morgan fingerprint density at radius 2 is 2.03 bits per heavy atom. The van der Waals surface area contributed by atoms with Gasteiger partial charge in [-0.25, -0.2) is 0 Å². The Morgan fingerprint density at radius 1 is 1.23 bits per heavy atom. The minimum absolute atomic E-state index is 0.128. The van der Waals surface area contributed by atoms with Crippen LogP contribution in [-0.2, 0) is 11.3 Å². The van der Waals surface area contributed by atoms with Gasteiger partial charge in [-0.15, -0.1) is 0 Å². The summed E-state index contributed by atoms with van der Waals surface area (Å²) in [5.74, 6) is 5.08. The van der Waals surface area contributed by atoms with E-state index in [0.717, 1.165) is 34.9 Å². The Labute approximate surface area is 182 Å². The molecule has 1 aromatic heterocycles. The molecule has 0 aliphatic heterocycles. The van der Waals surface area contributed by atoms with Gasteiger partial charge in [-0.2, -0.15) is 5.10 Å². The maximum absolute atomic E-state index is 12.7. The number of ether oxygens (including phenoxy) is 1. The molecule has 5 atom stereocenters. The maximum Gasteiger partial charge on any atom is 0.222 e. The SMILES string of the molecule is CCOc1ccc(-c2n[nH]c(=S)n2CCC(=O)N[C@@H]2C[C@H]3C[C@H]2[C@H]2CCC[C@H]32)cc1. The van der Waals surface area contributed by atoms with Gasteiger partial charge < -0.3 is 10.1 Å². The summed E-state index contributed by atoms with van der Waals surface area (Å²) in [6.07, 6.45) is 7.10. The standard InChI is InChI=1S/C23H30N4O2S/c1-2-29-16-8-6-14(7-9-16)22-25-26-23(30)27(22)11-10-21(28)24-20-13-15-12-19(20)18-5-3-4-17(15)18/h6-9,15,17-20H,2-5,10-13H2,1H3,(H,24,28)(H,26,30)/t15-,17-,18+,19+,20-/m1/s1. The summed E-state index contributed by atoms with van der Waals surface area (Å²) in [5.41, 5.74) is 0.951. The average Bonchev–Trinajstić information content (AvgIpc) is 3.49. The van der Waals surface area contributed by atoms with E-state index in [2.05, 4.69) is 15.5 Å². The number of H-pyrrole nitrogens is 1. The molecular formula is C23H30N4O2S. The molecule has 0 saturated heterocycles. The highest BCUT2D eigenvalue weighted by Gasteiger charge is 2.53. The van der Waals surface area contributed by atoms with Gasteiger partial charge in [0, 0.05) is 24.6 Å². The van der Waals surface area contributed by atoms with Crippen LogP contribution in [0.2, 0.25) is 0 Å². The van der Waals surface area contributed by atoms with Gasteiger partial charge in [0.25, 0.3) is 0 Å². The van der Waals surface area contributed by atoms with Gasteiger partial charge in [0.2, 0.25) is 5.91 Å². The van der Waals surface area contributed by atoms with Crippen LogP contribution in [-0.4, -0.2) is 33.3 Å². The van der Waals surface area contributed by atoms with Crippen LogP contribution in [0.1, 0.15) is 45.4 Å². The summed E-state index contributed by atoms with van der Waals surface area (Å²) in [7, 11) is 0. The van der Waals surface area contributed by atoms with Crippen molar-refractivity contribution in [3.05, 3.63) is 29.0 Å². The molecule has 2 N–H and O–H groups in total. The van der Waals surface area contributed by atoms with Crippen LogP contribution in [0.15, 0.2) is 24.3 Å². The molecular weight excluding hydrogens is 396 g/mol. The second-order valence-electron chi connectivity index (χ2n) is 9.04. The molecule has 160 valence electrons. The Bertz CT molecular complexity index is 966. The molecule has 7 heteroatoms. The number of nitrogens with one attached hydrogen (secondary N) is 2. The van der Waals surface area contributed by atoms with Gasteiger partial charge in [-0.05, 0) is 92.8 Å². The summed E-state index contributed by atoms with van der Waals surface area (Å²) in [6.45, 7) is 3.13. The van der Waals surface area contributed by atoms with E-state index in [0.29, 0.717) is 36.3 Å². The fraction of sp³-hybridized carbons (Fsp3) is 0.609. The van der Waals surface area contributed by atoms with Crippen molar-refractivity contribution < 1.29 is 9.53 Å². The number of benzene rings is 1. The van der Waals surface area contributed by atoms with Crippen LogP contribution in [0.4, 0.5) is 0 Å². The predicted molar refractivity (Wildman–Crippen MR) is 118 cm³/mol. The monoisotopic (exact) mass is 426 g/mol. The molecule has 1 heterocycles. The molecule has 1 amide bonds. The second-order valence-corrected chi connectivity index (χ2v) is 9.43. The summed E-state index contributed by atoms with van der Waals surface area (Å²) >= 11 is 5.42. The number of carbonyl (C=O) groups excluding carboxylic acids is 1. The van der Waals surface area contributed by atoms with Crippen LogP contribution >= 0.6 is 12.2 Å². The topological polar surface area (TPSA) is 71.9 Å². The summed E-state index contributed by atoms with van der Waals surface area (Å²) in [5, 5.41) is 10.6. The summed E-state index contributed by atoms with van der Waals surface area (Å²) < 4.78 is 7.97. The molecule has 30 heavy (non-hydrogen) atoms. The maximum atomic E-state index is 12.7.